The summed E-state index contributed by atoms with van der Waals surface area (Å²) in [4.78, 5) is 22.1. The first kappa shape index (κ1) is 30.1. The number of benzene rings is 12. The molecule has 0 aliphatic carbocycles. The molecule has 4 nitrogen and oxygen atoms in total. The molecule has 0 atom stereocenters. The standard InChI is InChI=1S/C48H30O2.CH2O2/c1-20-12-14-25-27-8-6-10-29-37-24(5)38(48(49)50)41-30-11-7-9-28-26-15-13-21(2)17-32(26)34-19-23(4)36-35-22(3)18-33(31(25)16-20)42(39(27)29)44(35)46(37)47(41)45(36)43(34)40(28)30;2-1-3/h6-19H,1-5H3,(H,49,50);1H,(H,2,3). The maximum atomic E-state index is 13.7. The molecule has 0 spiro atoms. The highest BCUT2D eigenvalue weighted by Crippen LogP contribution is 2.58. The van der Waals surface area contributed by atoms with Gasteiger partial charge in [-0.05, 0) is 159 Å². The van der Waals surface area contributed by atoms with Crippen molar-refractivity contribution in [3.05, 3.63) is 118 Å². The van der Waals surface area contributed by atoms with Crippen LogP contribution in [0.2, 0.25) is 0 Å². The van der Waals surface area contributed by atoms with E-state index in [0.29, 0.717) is 5.56 Å². The predicted octanol–water partition coefficient (Wildman–Crippen LogP) is 13.1. The quantitative estimate of drug-likeness (QED) is 0.103. The van der Waals surface area contributed by atoms with Crippen molar-refractivity contribution in [3.63, 3.8) is 0 Å². The van der Waals surface area contributed by atoms with Gasteiger partial charge in [0.1, 0.15) is 0 Å². The summed E-state index contributed by atoms with van der Waals surface area (Å²) in [6, 6.07) is 31.7. The lowest BCUT2D eigenvalue weighted by Crippen LogP contribution is -2.06. The third kappa shape index (κ3) is 3.38. The van der Waals surface area contributed by atoms with Gasteiger partial charge in [-0.1, -0.05) is 96.1 Å². The van der Waals surface area contributed by atoms with Crippen molar-refractivity contribution in [2.45, 2.75) is 34.6 Å². The second kappa shape index (κ2) is 9.87. The van der Waals surface area contributed by atoms with Crippen LogP contribution in [0, 0.1) is 34.6 Å². The first-order valence-corrected chi connectivity index (χ1v) is 18.0. The molecule has 252 valence electrons. The number of fused-ring (bicyclic) bond motifs is 9. The first-order valence-electron chi connectivity index (χ1n) is 18.0. The van der Waals surface area contributed by atoms with Gasteiger partial charge in [0, 0.05) is 10.8 Å². The Kier molecular flexibility index (Phi) is 5.61. The number of aromatic carboxylic acids is 1. The van der Waals surface area contributed by atoms with Crippen LogP contribution in [-0.2, 0) is 4.79 Å². The van der Waals surface area contributed by atoms with Gasteiger partial charge in [-0.2, -0.15) is 0 Å². The maximum absolute atomic E-state index is 13.7. The molecular weight excluding hydrogens is 653 g/mol. The molecule has 53 heavy (non-hydrogen) atoms. The number of hydrogen-bond donors (Lipinski definition) is 2. The molecular formula is C49H32O4. The van der Waals surface area contributed by atoms with E-state index >= 15 is 0 Å². The predicted molar refractivity (Wildman–Crippen MR) is 223 cm³/mol. The van der Waals surface area contributed by atoms with Crippen molar-refractivity contribution in [1.29, 1.82) is 0 Å². The minimum absolute atomic E-state index is 0.250. The van der Waals surface area contributed by atoms with Gasteiger partial charge in [-0.3, -0.25) is 4.79 Å². The number of carbonyl (C=O) groups is 2. The van der Waals surface area contributed by atoms with Gasteiger partial charge in [0.05, 0.1) is 5.56 Å². The van der Waals surface area contributed by atoms with Gasteiger partial charge >= 0.3 is 5.97 Å². The van der Waals surface area contributed by atoms with Crippen LogP contribution < -0.4 is 0 Å². The summed E-state index contributed by atoms with van der Waals surface area (Å²) in [7, 11) is 0. The van der Waals surface area contributed by atoms with Crippen LogP contribution in [0.15, 0.2) is 84.9 Å². The van der Waals surface area contributed by atoms with Gasteiger partial charge in [0.15, 0.2) is 0 Å². The maximum Gasteiger partial charge on any atom is 0.336 e. The molecule has 4 heteroatoms. The molecule has 0 radical (unpaired) electrons. The molecule has 0 heterocycles. The second-order valence-corrected chi connectivity index (χ2v) is 15.2. The van der Waals surface area contributed by atoms with E-state index in [1.165, 1.54) is 114 Å². The zero-order valence-corrected chi connectivity index (χ0v) is 29.9. The molecule has 12 rings (SSSR count). The Labute approximate surface area is 302 Å². The number of aryl methyl sites for hydroxylation is 5. The Morgan fingerprint density at radius 3 is 1.32 bits per heavy atom. The average molecular weight is 685 g/mol. The molecule has 0 amide bonds. The summed E-state index contributed by atoms with van der Waals surface area (Å²) in [5.74, 6) is -0.869. The number of carboxylic acid groups (broad SMARTS) is 2. The van der Waals surface area contributed by atoms with E-state index in [4.69, 9.17) is 9.90 Å². The summed E-state index contributed by atoms with van der Waals surface area (Å²) < 4.78 is 0. The number of carboxylic acids is 1. The molecule has 0 bridgehead atoms. The summed E-state index contributed by atoms with van der Waals surface area (Å²) >= 11 is 0. The molecule has 0 aliphatic rings. The first-order chi connectivity index (χ1) is 25.7. The van der Waals surface area contributed by atoms with E-state index in [0.717, 1.165) is 32.5 Å². The lowest BCUT2D eigenvalue weighted by atomic mass is 9.74. The zero-order valence-electron chi connectivity index (χ0n) is 29.9. The van der Waals surface area contributed by atoms with Crippen molar-refractivity contribution in [1.82, 2.24) is 0 Å². The summed E-state index contributed by atoms with van der Waals surface area (Å²) in [5.41, 5.74) is 6.24. The Hall–Kier alpha value is -6.52. The van der Waals surface area contributed by atoms with E-state index in [-0.39, 0.29) is 6.47 Å². The fraction of sp³-hybridized carbons (Fsp3) is 0.102. The summed E-state index contributed by atoms with van der Waals surface area (Å²) in [6.07, 6.45) is 0. The highest BCUT2D eigenvalue weighted by atomic mass is 16.4. The molecule has 12 aromatic carbocycles. The van der Waals surface area contributed by atoms with Crippen molar-refractivity contribution in [3.8, 4) is 0 Å². The van der Waals surface area contributed by atoms with Gasteiger partial charge in [-0.15, -0.1) is 0 Å². The van der Waals surface area contributed by atoms with Crippen LogP contribution >= 0.6 is 0 Å². The van der Waals surface area contributed by atoms with Crippen molar-refractivity contribution >= 4 is 131 Å². The highest BCUT2D eigenvalue weighted by molar-refractivity contribution is 6.55. The fourth-order valence-corrected chi connectivity index (χ4v) is 10.7. The number of rotatable bonds is 1. The monoisotopic (exact) mass is 684 g/mol. The average Bonchev–Trinajstić information content (AvgIpc) is 3.14. The van der Waals surface area contributed by atoms with E-state index in [1.54, 1.807) is 0 Å². The van der Waals surface area contributed by atoms with Crippen LogP contribution in [0.4, 0.5) is 0 Å². The summed E-state index contributed by atoms with van der Waals surface area (Å²) in [6.45, 7) is 10.7. The topological polar surface area (TPSA) is 74.6 Å². The van der Waals surface area contributed by atoms with E-state index in [2.05, 4.69) is 120 Å². The van der Waals surface area contributed by atoms with Gasteiger partial charge < -0.3 is 10.2 Å². The van der Waals surface area contributed by atoms with Crippen LogP contribution in [-0.4, -0.2) is 22.7 Å². The second-order valence-electron chi connectivity index (χ2n) is 15.2. The molecule has 0 saturated heterocycles. The minimum Gasteiger partial charge on any atom is -0.483 e. The lowest BCUT2D eigenvalue weighted by Gasteiger charge is -2.28. The van der Waals surface area contributed by atoms with Gasteiger partial charge in [0.25, 0.3) is 6.47 Å². The summed E-state index contributed by atoms with van der Waals surface area (Å²) in [5, 5.41) is 44.5. The Balaban J connectivity index is 0.00000107. The molecule has 0 saturated carbocycles. The van der Waals surface area contributed by atoms with Crippen LogP contribution in [0.5, 0.6) is 0 Å². The Bertz CT molecular complexity index is 3610. The zero-order chi connectivity index (χ0) is 36.3. The lowest BCUT2D eigenvalue weighted by molar-refractivity contribution is -0.122. The van der Waals surface area contributed by atoms with Gasteiger partial charge in [-0.25, -0.2) is 4.79 Å². The normalized spacial score (nSPS) is 12.5. The SMILES string of the molecule is Cc1ccc2c(c1)c1cc(C)c3c4c(C)cc5c6cc(C)ccc6c6cccc7c8c(C(=O)O)c(C)c9c%10cccc2c%10c1c3c9c8c4c5c67.O=CO. The molecule has 0 aromatic heterocycles. The van der Waals surface area contributed by atoms with Crippen LogP contribution in [0.1, 0.15) is 38.2 Å². The largest absolute Gasteiger partial charge is 0.483 e. The van der Waals surface area contributed by atoms with Crippen molar-refractivity contribution in [2.24, 2.45) is 0 Å². The molecule has 12 aromatic rings. The third-order valence-electron chi connectivity index (χ3n) is 12.4. The van der Waals surface area contributed by atoms with Crippen LogP contribution in [0.3, 0.4) is 0 Å². The van der Waals surface area contributed by atoms with Crippen molar-refractivity contribution < 1.29 is 19.8 Å². The van der Waals surface area contributed by atoms with Crippen molar-refractivity contribution in [2.75, 3.05) is 0 Å². The van der Waals surface area contributed by atoms with E-state index in [9.17, 15) is 9.90 Å². The third-order valence-corrected chi connectivity index (χ3v) is 12.4. The molecule has 2 N–H and O–H groups in total. The van der Waals surface area contributed by atoms with E-state index < -0.39 is 5.97 Å². The van der Waals surface area contributed by atoms with Gasteiger partial charge in [0.2, 0.25) is 0 Å². The smallest absolute Gasteiger partial charge is 0.336 e. The molecule has 0 aliphatic heterocycles. The minimum atomic E-state index is -0.869. The highest BCUT2D eigenvalue weighted by Gasteiger charge is 2.31. The molecule has 0 unspecified atom stereocenters. The Morgan fingerprint density at radius 2 is 0.849 bits per heavy atom. The number of hydrogen-bond acceptors (Lipinski definition) is 2. The Morgan fingerprint density at radius 1 is 0.434 bits per heavy atom. The van der Waals surface area contributed by atoms with E-state index in [1.807, 2.05) is 0 Å². The van der Waals surface area contributed by atoms with Crippen LogP contribution in [0.25, 0.3) is 118 Å². The fourth-order valence-electron chi connectivity index (χ4n) is 10.7. The molecule has 0 fully saturated rings.